The van der Waals surface area contributed by atoms with E-state index in [-0.39, 0.29) is 48.0 Å². The van der Waals surface area contributed by atoms with Crippen LogP contribution in [0.3, 0.4) is 0 Å². The van der Waals surface area contributed by atoms with E-state index in [1.54, 1.807) is 6.92 Å². The van der Waals surface area contributed by atoms with Gasteiger partial charge in [0.25, 0.3) is 0 Å². The molecule has 1 saturated carbocycles. The van der Waals surface area contributed by atoms with Crippen LogP contribution in [0.1, 0.15) is 51.9 Å². The maximum absolute atomic E-state index is 13.0. The molecule has 0 spiro atoms. The van der Waals surface area contributed by atoms with Gasteiger partial charge in [-0.25, -0.2) is 4.39 Å². The van der Waals surface area contributed by atoms with E-state index in [9.17, 15) is 24.2 Å². The third-order valence-electron chi connectivity index (χ3n) is 5.21. The Balaban J connectivity index is 1.78. The number of carbonyl (C=O) groups excluding carboxylic acids is 1. The summed E-state index contributed by atoms with van der Waals surface area (Å²) in [5.41, 5.74) is -1.17. The second-order valence-electron chi connectivity index (χ2n) is 8.21. The third-order valence-corrected chi connectivity index (χ3v) is 7.02. The van der Waals surface area contributed by atoms with Crippen molar-refractivity contribution in [1.82, 2.24) is 0 Å². The van der Waals surface area contributed by atoms with E-state index in [1.165, 1.54) is 36.0 Å². The Bertz CT molecular complexity index is 693. The molecule has 6 nitrogen and oxygen atoms in total. The molecule has 2 rings (SSSR count). The normalized spacial score (nSPS) is 23.3. The molecular formula is C22H31FO6S. The molecule has 30 heavy (non-hydrogen) atoms. The number of halogens is 1. The lowest BCUT2D eigenvalue weighted by Gasteiger charge is -2.27. The second kappa shape index (κ2) is 11.7. The molecule has 3 N–H and O–H groups in total. The minimum Gasteiger partial charge on any atom is -0.491 e. The van der Waals surface area contributed by atoms with Gasteiger partial charge in [0.1, 0.15) is 29.6 Å². The Labute approximate surface area is 180 Å². The molecule has 1 aromatic rings. The van der Waals surface area contributed by atoms with Crippen molar-refractivity contribution in [3.63, 3.8) is 0 Å². The average molecular weight is 443 g/mol. The number of rotatable bonds is 13. The number of hydrogen-bond donors (Lipinski definition) is 3. The predicted molar refractivity (Wildman–Crippen MR) is 113 cm³/mol. The van der Waals surface area contributed by atoms with E-state index in [2.05, 4.69) is 0 Å². The van der Waals surface area contributed by atoms with Crippen molar-refractivity contribution < 1.29 is 34.0 Å². The molecule has 4 atom stereocenters. The molecule has 0 amide bonds. The van der Waals surface area contributed by atoms with Crippen LogP contribution in [-0.4, -0.2) is 56.4 Å². The van der Waals surface area contributed by atoms with Gasteiger partial charge in [0.05, 0.1) is 6.10 Å². The van der Waals surface area contributed by atoms with Crippen molar-refractivity contribution in [3.05, 3.63) is 30.1 Å². The Morgan fingerprint density at radius 1 is 1.23 bits per heavy atom. The van der Waals surface area contributed by atoms with Gasteiger partial charge in [-0.05, 0) is 44.0 Å². The van der Waals surface area contributed by atoms with Crippen LogP contribution >= 0.6 is 11.8 Å². The van der Waals surface area contributed by atoms with Crippen LogP contribution < -0.4 is 4.74 Å². The van der Waals surface area contributed by atoms with Gasteiger partial charge in [-0.1, -0.05) is 19.3 Å². The average Bonchev–Trinajstić information content (AvgIpc) is 2.95. The van der Waals surface area contributed by atoms with Gasteiger partial charge in [-0.3, -0.25) is 9.59 Å². The first-order valence-corrected chi connectivity index (χ1v) is 11.4. The zero-order chi connectivity index (χ0) is 22.1. The summed E-state index contributed by atoms with van der Waals surface area (Å²) in [6.07, 6.45) is 3.33. The third kappa shape index (κ3) is 8.24. The molecule has 1 aliphatic carbocycles. The number of ether oxygens (including phenoxy) is 1. The van der Waals surface area contributed by atoms with Gasteiger partial charge in [-0.15, -0.1) is 0 Å². The quantitative estimate of drug-likeness (QED) is 0.402. The molecule has 2 unspecified atom stereocenters. The van der Waals surface area contributed by atoms with Crippen molar-refractivity contribution in [2.75, 3.05) is 12.4 Å². The monoisotopic (exact) mass is 442 g/mol. The number of hydrogen-bond acceptors (Lipinski definition) is 6. The number of aliphatic hydroxyl groups is 2. The highest BCUT2D eigenvalue weighted by molar-refractivity contribution is 8.00. The maximum atomic E-state index is 13.0. The zero-order valence-corrected chi connectivity index (χ0v) is 18.1. The van der Waals surface area contributed by atoms with E-state index < -0.39 is 17.7 Å². The fourth-order valence-corrected chi connectivity index (χ4v) is 5.03. The summed E-state index contributed by atoms with van der Waals surface area (Å²) in [7, 11) is 0. The molecule has 0 aromatic heterocycles. The summed E-state index contributed by atoms with van der Waals surface area (Å²) in [6, 6.07) is 5.55. The highest BCUT2D eigenvalue weighted by atomic mass is 32.2. The Morgan fingerprint density at radius 3 is 2.57 bits per heavy atom. The number of carbonyl (C=O) groups is 2. The lowest BCUT2D eigenvalue weighted by Crippen LogP contribution is -2.37. The minimum atomic E-state index is -1.17. The van der Waals surface area contributed by atoms with Crippen molar-refractivity contribution in [1.29, 1.82) is 0 Å². The Kier molecular flexibility index (Phi) is 9.58. The smallest absolute Gasteiger partial charge is 0.303 e. The van der Waals surface area contributed by atoms with Gasteiger partial charge in [0, 0.05) is 29.8 Å². The van der Waals surface area contributed by atoms with Gasteiger partial charge in [-0.2, -0.15) is 11.8 Å². The standard InChI is InChI=1S/C22H31FO6S/c1-22(28,13-29-16-10-8-15(23)9-11-16)14-30-21-17(18(24)12-19(21)25)6-4-2-3-5-7-20(26)27/h8-11,17,19,21,25,28H,2-7,12-14H2,1H3,(H,26,27)/t17-,19?,21+,22?/m0/s1. The van der Waals surface area contributed by atoms with E-state index in [4.69, 9.17) is 9.84 Å². The summed E-state index contributed by atoms with van der Waals surface area (Å²) in [6.45, 7) is 1.64. The van der Waals surface area contributed by atoms with Gasteiger partial charge in [0.15, 0.2) is 0 Å². The van der Waals surface area contributed by atoms with Crippen LogP contribution in [0.5, 0.6) is 5.75 Å². The first kappa shape index (κ1) is 24.6. The number of carboxylic acids is 1. The number of unbranched alkanes of at least 4 members (excludes halogenated alkanes) is 3. The van der Waals surface area contributed by atoms with Gasteiger partial charge in [0.2, 0.25) is 0 Å². The molecule has 0 aliphatic heterocycles. The molecule has 8 heteroatoms. The second-order valence-corrected chi connectivity index (χ2v) is 9.37. The number of benzene rings is 1. The van der Waals surface area contributed by atoms with Crippen LogP contribution in [0, 0.1) is 11.7 Å². The molecule has 0 heterocycles. The molecular weight excluding hydrogens is 411 g/mol. The van der Waals surface area contributed by atoms with Crippen LogP contribution in [0.15, 0.2) is 24.3 Å². The molecule has 1 aromatic carbocycles. The fraction of sp³-hybridized carbons (Fsp3) is 0.636. The highest BCUT2D eigenvalue weighted by Crippen LogP contribution is 2.37. The molecule has 168 valence electrons. The summed E-state index contributed by atoms with van der Waals surface area (Å²) < 4.78 is 18.5. The number of thioether (sulfide) groups is 1. The topological polar surface area (TPSA) is 104 Å². The van der Waals surface area contributed by atoms with Crippen LogP contribution in [0.2, 0.25) is 0 Å². The zero-order valence-electron chi connectivity index (χ0n) is 17.3. The summed E-state index contributed by atoms with van der Waals surface area (Å²) in [4.78, 5) is 22.8. The number of Topliss-reactive ketones (excluding diaryl/α,β-unsaturated/α-hetero) is 1. The van der Waals surface area contributed by atoms with Crippen LogP contribution in [-0.2, 0) is 9.59 Å². The van der Waals surface area contributed by atoms with Gasteiger partial charge < -0.3 is 20.1 Å². The van der Waals surface area contributed by atoms with Gasteiger partial charge >= 0.3 is 5.97 Å². The van der Waals surface area contributed by atoms with Crippen LogP contribution in [0.25, 0.3) is 0 Å². The van der Waals surface area contributed by atoms with Crippen molar-refractivity contribution in [3.8, 4) is 5.75 Å². The lowest BCUT2D eigenvalue weighted by atomic mass is 9.98. The largest absolute Gasteiger partial charge is 0.491 e. The fourth-order valence-electron chi connectivity index (χ4n) is 3.56. The maximum Gasteiger partial charge on any atom is 0.303 e. The van der Waals surface area contributed by atoms with Crippen molar-refractivity contribution in [2.45, 2.75) is 68.8 Å². The van der Waals surface area contributed by atoms with E-state index >= 15 is 0 Å². The summed E-state index contributed by atoms with van der Waals surface area (Å²) in [5.74, 6) is -0.615. The number of ketones is 1. The molecule has 1 fully saturated rings. The van der Waals surface area contributed by atoms with Crippen LogP contribution in [0.4, 0.5) is 4.39 Å². The predicted octanol–water partition coefficient (Wildman–Crippen LogP) is 3.43. The molecule has 0 bridgehead atoms. The highest BCUT2D eigenvalue weighted by Gasteiger charge is 2.42. The lowest BCUT2D eigenvalue weighted by molar-refractivity contribution is -0.137. The summed E-state index contributed by atoms with van der Waals surface area (Å²) in [5, 5.41) is 29.3. The van der Waals surface area contributed by atoms with Crippen molar-refractivity contribution in [2.24, 2.45) is 5.92 Å². The van der Waals surface area contributed by atoms with E-state index in [0.29, 0.717) is 18.6 Å². The Morgan fingerprint density at radius 2 is 1.90 bits per heavy atom. The molecule has 0 radical (unpaired) electrons. The number of aliphatic hydroxyl groups excluding tert-OH is 1. The first-order chi connectivity index (χ1) is 14.2. The minimum absolute atomic E-state index is 0.0106. The SMILES string of the molecule is CC(O)(COc1ccc(F)cc1)CS[C@H]1C(O)CC(=O)[C@@H]1CCCCCCC(=O)O. The van der Waals surface area contributed by atoms with Crippen molar-refractivity contribution >= 4 is 23.5 Å². The summed E-state index contributed by atoms with van der Waals surface area (Å²) >= 11 is 1.38. The first-order valence-electron chi connectivity index (χ1n) is 10.3. The van der Waals surface area contributed by atoms with E-state index in [1.807, 2.05) is 0 Å². The van der Waals surface area contributed by atoms with E-state index in [0.717, 1.165) is 19.3 Å². The number of carboxylic acid groups (broad SMARTS) is 1. The Hall–Kier alpha value is -1.64. The molecule has 0 saturated heterocycles. The number of aliphatic carboxylic acids is 1. The molecule has 1 aliphatic rings.